The van der Waals surface area contributed by atoms with Gasteiger partial charge in [-0.3, -0.25) is 0 Å². The Kier molecular flexibility index (Phi) is 5.25. The van der Waals surface area contributed by atoms with E-state index in [2.05, 4.69) is 81.2 Å². The van der Waals surface area contributed by atoms with E-state index in [0.29, 0.717) is 5.92 Å². The van der Waals surface area contributed by atoms with Gasteiger partial charge in [0, 0.05) is 11.5 Å². The van der Waals surface area contributed by atoms with E-state index < -0.39 is 8.99 Å². The molecule has 1 N–H and O–H groups in total. The van der Waals surface area contributed by atoms with E-state index >= 15 is 0 Å². The molecule has 0 amide bonds. The molecule has 1 nitrogen and oxygen atoms in total. The maximum absolute atomic E-state index is 6.08. The van der Waals surface area contributed by atoms with E-state index in [0.717, 1.165) is 0 Å². The second-order valence-electron chi connectivity index (χ2n) is 6.29. The van der Waals surface area contributed by atoms with Crippen LogP contribution in [0.25, 0.3) is 0 Å². The Bertz CT molecular complexity index is 530. The maximum atomic E-state index is 6.08. The summed E-state index contributed by atoms with van der Waals surface area (Å²) in [5, 5.41) is 0. The third kappa shape index (κ3) is 3.97. The van der Waals surface area contributed by atoms with E-state index in [-0.39, 0.29) is 5.54 Å². The highest BCUT2D eigenvalue weighted by atomic mass is 35.6. The molecule has 0 aliphatic carbocycles. The van der Waals surface area contributed by atoms with Gasteiger partial charge in [-0.05, 0) is 38.8 Å². The van der Waals surface area contributed by atoms with Crippen molar-refractivity contribution >= 4 is 20.1 Å². The molecule has 0 aliphatic rings. The summed E-state index contributed by atoms with van der Waals surface area (Å²) in [7, 11) is -0.736. The second kappa shape index (κ2) is 6.78. The van der Waals surface area contributed by atoms with Crippen LogP contribution in [0.3, 0.4) is 0 Å². The molecule has 0 unspecified atom stereocenters. The first-order valence-corrected chi connectivity index (χ1v) is 10.2. The van der Waals surface area contributed by atoms with Crippen LogP contribution in [0.1, 0.15) is 42.0 Å². The summed E-state index contributed by atoms with van der Waals surface area (Å²) < 4.78 is 0. The van der Waals surface area contributed by atoms with Gasteiger partial charge < -0.3 is 4.98 Å². The third-order valence-corrected chi connectivity index (χ3v) is 5.51. The summed E-state index contributed by atoms with van der Waals surface area (Å²) in [5.41, 5.74) is 5.19. The highest BCUT2D eigenvalue weighted by Gasteiger charge is 2.31. The second-order valence-corrected chi connectivity index (χ2v) is 7.71. The van der Waals surface area contributed by atoms with E-state index in [1.54, 1.807) is 0 Å². The molecule has 0 aliphatic heterocycles. The first-order valence-electron chi connectivity index (χ1n) is 7.38. The Balaban J connectivity index is 2.48. The molecule has 2 rings (SSSR count). The van der Waals surface area contributed by atoms with Crippen molar-refractivity contribution < 1.29 is 0 Å². The van der Waals surface area contributed by atoms with Gasteiger partial charge in [-0.2, -0.15) is 11.1 Å². The molecule has 0 atom stereocenters. The first-order chi connectivity index (χ1) is 9.94. The summed E-state index contributed by atoms with van der Waals surface area (Å²) >= 11 is 6.08. The number of hydrogen-bond acceptors (Lipinski definition) is 1. The molecule has 0 saturated carbocycles. The van der Waals surface area contributed by atoms with Crippen LogP contribution >= 0.6 is 11.1 Å². The van der Waals surface area contributed by atoms with Crippen LogP contribution in [0.15, 0.2) is 48.5 Å². The van der Waals surface area contributed by atoms with Crippen LogP contribution in [-0.4, -0.2) is 14.5 Å². The number of halogens is 1. The van der Waals surface area contributed by atoms with Gasteiger partial charge in [-0.15, -0.1) is 0 Å². The number of nitrogens with one attached hydrogen (secondary N) is 1. The van der Waals surface area contributed by atoms with Crippen LogP contribution < -0.4 is 4.98 Å². The van der Waals surface area contributed by atoms with Crippen molar-refractivity contribution in [3.8, 4) is 0 Å². The SMILES string of the molecule is Cc1ccc(C(c2ccc(C)cc2)C(C)(C)N[SiH2]Cl)cc1. The van der Waals surface area contributed by atoms with Gasteiger partial charge in [0.15, 0.2) is 8.99 Å². The van der Waals surface area contributed by atoms with Crippen molar-refractivity contribution in [2.45, 2.75) is 39.2 Å². The minimum Gasteiger partial charge on any atom is -0.324 e. The van der Waals surface area contributed by atoms with Gasteiger partial charge in [0.05, 0.1) is 0 Å². The Morgan fingerprint density at radius 1 is 0.857 bits per heavy atom. The Morgan fingerprint density at radius 3 is 1.57 bits per heavy atom. The molecule has 0 bridgehead atoms. The third-order valence-electron chi connectivity index (χ3n) is 4.07. The van der Waals surface area contributed by atoms with Gasteiger partial charge in [0.2, 0.25) is 0 Å². The summed E-state index contributed by atoms with van der Waals surface area (Å²) in [5.74, 6) is 0.296. The van der Waals surface area contributed by atoms with Crippen LogP contribution in [0.2, 0.25) is 0 Å². The zero-order valence-corrected chi connectivity index (χ0v) is 15.5. The van der Waals surface area contributed by atoms with Crippen LogP contribution in [0.5, 0.6) is 0 Å². The van der Waals surface area contributed by atoms with Crippen molar-refractivity contribution in [1.29, 1.82) is 0 Å². The highest BCUT2D eigenvalue weighted by Crippen LogP contribution is 2.35. The molecule has 3 heteroatoms. The zero-order chi connectivity index (χ0) is 15.5. The van der Waals surface area contributed by atoms with Crippen molar-refractivity contribution in [3.05, 3.63) is 70.8 Å². The number of hydrogen-bond donors (Lipinski definition) is 1. The maximum Gasteiger partial charge on any atom is 0.195 e. The first kappa shape index (κ1) is 16.3. The minimum absolute atomic E-state index is 0.0571. The van der Waals surface area contributed by atoms with Crippen molar-refractivity contribution in [2.75, 3.05) is 0 Å². The molecule has 0 heterocycles. The number of benzene rings is 2. The lowest BCUT2D eigenvalue weighted by Crippen LogP contribution is -2.45. The Morgan fingerprint density at radius 2 is 1.24 bits per heavy atom. The lowest BCUT2D eigenvalue weighted by atomic mass is 9.77. The largest absolute Gasteiger partial charge is 0.324 e. The van der Waals surface area contributed by atoms with Gasteiger partial charge >= 0.3 is 0 Å². The molecule has 2 aromatic carbocycles. The molecule has 0 aromatic heterocycles. The van der Waals surface area contributed by atoms with Crippen LogP contribution in [-0.2, 0) is 0 Å². The van der Waals surface area contributed by atoms with Crippen LogP contribution in [0.4, 0.5) is 0 Å². The summed E-state index contributed by atoms with van der Waals surface area (Å²) in [6, 6.07) is 17.7. The fourth-order valence-corrected chi connectivity index (χ4v) is 4.40. The van der Waals surface area contributed by atoms with E-state index in [4.69, 9.17) is 11.1 Å². The van der Waals surface area contributed by atoms with Gasteiger partial charge in [-0.1, -0.05) is 59.7 Å². The average Bonchev–Trinajstić information content (AvgIpc) is 2.43. The van der Waals surface area contributed by atoms with Crippen molar-refractivity contribution in [2.24, 2.45) is 0 Å². The number of aryl methyl sites for hydroxylation is 2. The summed E-state index contributed by atoms with van der Waals surface area (Å²) in [6.07, 6.45) is 0. The predicted molar refractivity (Wildman–Crippen MR) is 95.8 cm³/mol. The lowest BCUT2D eigenvalue weighted by Gasteiger charge is -2.36. The van der Waals surface area contributed by atoms with Crippen molar-refractivity contribution in [3.63, 3.8) is 0 Å². The zero-order valence-electron chi connectivity index (χ0n) is 13.3. The monoisotopic (exact) mass is 317 g/mol. The molecule has 0 fully saturated rings. The molecule has 2 aromatic rings. The van der Waals surface area contributed by atoms with E-state index in [1.807, 2.05) is 0 Å². The fraction of sp³-hybridized carbons (Fsp3) is 0.333. The molecule has 0 saturated heterocycles. The standard InChI is InChI=1S/C18H24ClNSi/c1-13-5-9-15(10-6-13)17(18(3,4)20-21-19)16-11-7-14(2)8-12-16/h5-12,17,20H,21H2,1-4H3. The van der Waals surface area contributed by atoms with E-state index in [1.165, 1.54) is 22.3 Å². The average molecular weight is 318 g/mol. The summed E-state index contributed by atoms with van der Waals surface area (Å²) in [4.78, 5) is 3.55. The van der Waals surface area contributed by atoms with Crippen molar-refractivity contribution in [1.82, 2.24) is 4.98 Å². The minimum atomic E-state index is -0.736. The molecule has 21 heavy (non-hydrogen) atoms. The molecular formula is C18H24ClNSi. The number of rotatable bonds is 5. The lowest BCUT2D eigenvalue weighted by molar-refractivity contribution is 0.417. The molecule has 112 valence electrons. The van der Waals surface area contributed by atoms with Gasteiger partial charge in [0.25, 0.3) is 0 Å². The smallest absolute Gasteiger partial charge is 0.195 e. The van der Waals surface area contributed by atoms with Gasteiger partial charge in [-0.25, -0.2) is 0 Å². The highest BCUT2D eigenvalue weighted by molar-refractivity contribution is 6.92. The molecular weight excluding hydrogens is 294 g/mol. The fourth-order valence-electron chi connectivity index (χ4n) is 2.82. The summed E-state index contributed by atoms with van der Waals surface area (Å²) in [6.45, 7) is 8.74. The van der Waals surface area contributed by atoms with Crippen LogP contribution in [0, 0.1) is 13.8 Å². The molecule has 0 radical (unpaired) electrons. The predicted octanol–water partition coefficient (Wildman–Crippen LogP) is 4.04. The topological polar surface area (TPSA) is 12.0 Å². The normalized spacial score (nSPS) is 12.5. The van der Waals surface area contributed by atoms with E-state index in [9.17, 15) is 0 Å². The Hall–Kier alpha value is -1.09. The Labute approximate surface area is 135 Å². The quantitative estimate of drug-likeness (QED) is 0.648. The van der Waals surface area contributed by atoms with Gasteiger partial charge in [0.1, 0.15) is 0 Å². The molecule has 0 spiro atoms.